The molecule has 25 heavy (non-hydrogen) atoms. The predicted octanol–water partition coefficient (Wildman–Crippen LogP) is 3.74. The van der Waals surface area contributed by atoms with E-state index in [-0.39, 0.29) is 12.1 Å². The number of ether oxygens (including phenoxy) is 1. The van der Waals surface area contributed by atoms with Gasteiger partial charge in [0.2, 0.25) is 0 Å². The van der Waals surface area contributed by atoms with Crippen LogP contribution in [0.4, 0.5) is 10.6 Å². The molecule has 0 unspecified atom stereocenters. The lowest BCUT2D eigenvalue weighted by Gasteiger charge is -2.30. The number of carbonyl (C=O) groups excluding carboxylic acids is 1. The molecule has 8 heteroatoms. The van der Waals surface area contributed by atoms with Crippen molar-refractivity contribution in [1.29, 1.82) is 0 Å². The Morgan fingerprint density at radius 2 is 1.92 bits per heavy atom. The molecule has 2 aromatic rings. The van der Waals surface area contributed by atoms with Gasteiger partial charge in [0.25, 0.3) is 0 Å². The van der Waals surface area contributed by atoms with Crippen LogP contribution in [-0.4, -0.2) is 38.4 Å². The van der Waals surface area contributed by atoms with E-state index >= 15 is 0 Å². The minimum atomic E-state index is -0.464. The van der Waals surface area contributed by atoms with Crippen LogP contribution in [0.15, 0.2) is 22.9 Å². The second-order valence-corrected chi connectivity index (χ2v) is 8.22. The molecule has 0 spiro atoms. The maximum atomic E-state index is 11.9. The number of fused-ring (bicyclic) bond motifs is 1. The molecular weight excluding hydrogens is 386 g/mol. The molecule has 1 aliphatic carbocycles. The van der Waals surface area contributed by atoms with Crippen molar-refractivity contribution < 1.29 is 9.53 Å². The van der Waals surface area contributed by atoms with Crippen molar-refractivity contribution in [2.24, 2.45) is 0 Å². The van der Waals surface area contributed by atoms with Crippen LogP contribution in [-0.2, 0) is 4.74 Å². The van der Waals surface area contributed by atoms with E-state index in [1.165, 1.54) is 0 Å². The van der Waals surface area contributed by atoms with E-state index in [4.69, 9.17) is 4.74 Å². The first kappa shape index (κ1) is 18.0. The van der Waals surface area contributed by atoms with Crippen LogP contribution in [0.3, 0.4) is 0 Å². The van der Waals surface area contributed by atoms with Gasteiger partial charge < -0.3 is 15.4 Å². The first-order valence-electron chi connectivity index (χ1n) is 8.56. The van der Waals surface area contributed by atoms with Gasteiger partial charge in [-0.15, -0.1) is 5.10 Å². The van der Waals surface area contributed by atoms with Gasteiger partial charge in [0, 0.05) is 12.1 Å². The quantitative estimate of drug-likeness (QED) is 0.806. The smallest absolute Gasteiger partial charge is 0.407 e. The normalized spacial score (nSPS) is 21.1. The molecule has 0 aliphatic heterocycles. The highest BCUT2D eigenvalue weighted by molar-refractivity contribution is 9.10. The molecule has 2 aromatic heterocycles. The van der Waals surface area contributed by atoms with Crippen molar-refractivity contribution >= 4 is 33.5 Å². The fourth-order valence-corrected chi connectivity index (χ4v) is 3.35. The Bertz CT molecular complexity index is 747. The third kappa shape index (κ3) is 4.84. The van der Waals surface area contributed by atoms with Gasteiger partial charge in [0.1, 0.15) is 16.0 Å². The molecular formula is C17H24BrN5O2. The monoisotopic (exact) mass is 409 g/mol. The molecule has 0 radical (unpaired) electrons. The second-order valence-electron chi connectivity index (χ2n) is 7.41. The minimum Gasteiger partial charge on any atom is -0.444 e. The lowest BCUT2D eigenvalue weighted by Crippen LogP contribution is -2.42. The summed E-state index contributed by atoms with van der Waals surface area (Å²) in [6.45, 7) is 5.61. The number of hydrogen-bond acceptors (Lipinski definition) is 5. The predicted molar refractivity (Wildman–Crippen MR) is 99.7 cm³/mol. The average molecular weight is 410 g/mol. The van der Waals surface area contributed by atoms with Gasteiger partial charge in [-0.2, -0.15) is 0 Å². The molecule has 1 aliphatic rings. The lowest BCUT2D eigenvalue weighted by atomic mass is 9.91. The Kier molecular flexibility index (Phi) is 5.17. The van der Waals surface area contributed by atoms with E-state index in [9.17, 15) is 4.79 Å². The third-order valence-corrected chi connectivity index (χ3v) is 4.66. The molecule has 7 nitrogen and oxygen atoms in total. The number of alkyl carbamates (subject to hydrolysis) is 1. The van der Waals surface area contributed by atoms with Crippen LogP contribution >= 0.6 is 15.9 Å². The van der Waals surface area contributed by atoms with Crippen LogP contribution in [0.25, 0.3) is 5.65 Å². The molecule has 0 bridgehead atoms. The van der Waals surface area contributed by atoms with Gasteiger partial charge in [-0.25, -0.2) is 14.3 Å². The molecule has 3 rings (SSSR count). The number of nitrogens with one attached hydrogen (secondary N) is 2. The van der Waals surface area contributed by atoms with Crippen molar-refractivity contribution in [3.8, 4) is 0 Å². The number of hydrogen-bond donors (Lipinski definition) is 2. The van der Waals surface area contributed by atoms with Gasteiger partial charge in [-0.1, -0.05) is 0 Å². The van der Waals surface area contributed by atoms with Crippen LogP contribution in [0.2, 0.25) is 0 Å². The SMILES string of the molecule is CC(C)(C)OC(=O)N[C@H]1CC[C@H](Nc2ccc3ncc(Br)n3n2)CC1. The van der Waals surface area contributed by atoms with Crippen molar-refractivity contribution in [2.45, 2.75) is 64.1 Å². The maximum absolute atomic E-state index is 11.9. The van der Waals surface area contributed by atoms with E-state index in [1.54, 1.807) is 10.7 Å². The molecule has 136 valence electrons. The zero-order valence-electron chi connectivity index (χ0n) is 14.8. The van der Waals surface area contributed by atoms with Crippen molar-refractivity contribution in [2.75, 3.05) is 5.32 Å². The summed E-state index contributed by atoms with van der Waals surface area (Å²) in [4.78, 5) is 16.1. The summed E-state index contributed by atoms with van der Waals surface area (Å²) in [7, 11) is 0. The number of carbonyl (C=O) groups is 1. The Balaban J connectivity index is 1.50. The molecule has 1 fully saturated rings. The second kappa shape index (κ2) is 7.19. The van der Waals surface area contributed by atoms with Crippen molar-refractivity contribution in [3.63, 3.8) is 0 Å². The van der Waals surface area contributed by atoms with Crippen LogP contribution < -0.4 is 10.6 Å². The van der Waals surface area contributed by atoms with Crippen LogP contribution in [0.5, 0.6) is 0 Å². The molecule has 0 saturated heterocycles. The topological polar surface area (TPSA) is 80.5 Å². The van der Waals surface area contributed by atoms with E-state index in [0.717, 1.165) is 41.8 Å². The van der Waals surface area contributed by atoms with E-state index in [1.807, 2.05) is 32.9 Å². The average Bonchev–Trinajstić information content (AvgIpc) is 2.88. The number of halogens is 1. The van der Waals surface area contributed by atoms with Gasteiger partial charge in [-0.05, 0) is 74.5 Å². The Labute approximate surface area is 155 Å². The van der Waals surface area contributed by atoms with Gasteiger partial charge in [0.15, 0.2) is 5.65 Å². The number of rotatable bonds is 3. The summed E-state index contributed by atoms with van der Waals surface area (Å²) in [6, 6.07) is 4.41. The number of anilines is 1. The molecule has 2 heterocycles. The summed E-state index contributed by atoms with van der Waals surface area (Å²) in [5.74, 6) is 0.828. The molecule has 2 N–H and O–H groups in total. The summed E-state index contributed by atoms with van der Waals surface area (Å²) in [5.41, 5.74) is 0.345. The van der Waals surface area contributed by atoms with Gasteiger partial charge >= 0.3 is 6.09 Å². The Hall–Kier alpha value is -1.83. The molecule has 0 aromatic carbocycles. The van der Waals surface area contributed by atoms with Crippen molar-refractivity contribution in [3.05, 3.63) is 22.9 Å². The number of nitrogens with zero attached hydrogens (tertiary/aromatic N) is 3. The Morgan fingerprint density at radius 1 is 1.24 bits per heavy atom. The van der Waals surface area contributed by atoms with Gasteiger partial charge in [0.05, 0.1) is 6.20 Å². The van der Waals surface area contributed by atoms with Crippen LogP contribution in [0, 0.1) is 0 Å². The van der Waals surface area contributed by atoms with E-state index in [2.05, 4.69) is 36.6 Å². The third-order valence-electron chi connectivity index (χ3n) is 4.12. The molecule has 1 amide bonds. The fraction of sp³-hybridized carbons (Fsp3) is 0.588. The van der Waals surface area contributed by atoms with E-state index in [0.29, 0.717) is 6.04 Å². The summed E-state index contributed by atoms with van der Waals surface area (Å²) < 4.78 is 7.91. The first-order chi connectivity index (χ1) is 11.8. The van der Waals surface area contributed by atoms with E-state index < -0.39 is 5.60 Å². The zero-order valence-corrected chi connectivity index (χ0v) is 16.3. The van der Waals surface area contributed by atoms with Crippen molar-refractivity contribution in [1.82, 2.24) is 19.9 Å². The summed E-state index contributed by atoms with van der Waals surface area (Å²) in [6.07, 6.45) is 5.21. The number of amides is 1. The number of aromatic nitrogens is 3. The Morgan fingerprint density at radius 3 is 2.60 bits per heavy atom. The largest absolute Gasteiger partial charge is 0.444 e. The highest BCUT2D eigenvalue weighted by atomic mass is 79.9. The zero-order chi connectivity index (χ0) is 18.0. The lowest BCUT2D eigenvalue weighted by molar-refractivity contribution is 0.0492. The van der Waals surface area contributed by atoms with Crippen LogP contribution in [0.1, 0.15) is 46.5 Å². The molecule has 0 atom stereocenters. The summed E-state index contributed by atoms with van der Waals surface area (Å²) >= 11 is 3.44. The fourth-order valence-electron chi connectivity index (χ4n) is 2.99. The summed E-state index contributed by atoms with van der Waals surface area (Å²) in [5, 5.41) is 11.0. The highest BCUT2D eigenvalue weighted by Crippen LogP contribution is 2.22. The first-order valence-corrected chi connectivity index (χ1v) is 9.36. The minimum absolute atomic E-state index is 0.172. The molecule has 1 saturated carbocycles. The van der Waals surface area contributed by atoms with Gasteiger partial charge in [-0.3, -0.25) is 0 Å². The standard InChI is InChI=1S/C17H24BrN5O2/c1-17(2,3)25-16(24)21-12-6-4-11(5-7-12)20-14-8-9-15-19-10-13(18)23(15)22-14/h8-12H,4-7H2,1-3H3,(H,20,22)(H,21,24)/t11-,12-. The maximum Gasteiger partial charge on any atom is 0.407 e. The number of imidazole rings is 1. The highest BCUT2D eigenvalue weighted by Gasteiger charge is 2.25.